The van der Waals surface area contributed by atoms with Crippen molar-refractivity contribution in [3.8, 4) is 5.69 Å². The maximum Gasteiger partial charge on any atom is 0.239 e. The second-order valence-corrected chi connectivity index (χ2v) is 10.1. The number of carbonyl (C=O) groups is 1. The van der Waals surface area contributed by atoms with E-state index < -0.39 is 0 Å². The molecule has 4 heterocycles. The zero-order valence-electron chi connectivity index (χ0n) is 19.9. The van der Waals surface area contributed by atoms with Gasteiger partial charge in [0.05, 0.1) is 17.2 Å². The van der Waals surface area contributed by atoms with Crippen molar-refractivity contribution in [2.45, 2.75) is 31.8 Å². The molecule has 3 fully saturated rings. The van der Waals surface area contributed by atoms with Gasteiger partial charge in [0.1, 0.15) is 0 Å². The van der Waals surface area contributed by atoms with E-state index in [1.807, 2.05) is 6.07 Å². The zero-order chi connectivity index (χ0) is 23.1. The maximum absolute atomic E-state index is 12.9. The minimum atomic E-state index is -0.0150. The largest absolute Gasteiger partial charge is 0.352 e. The van der Waals surface area contributed by atoms with E-state index in [2.05, 4.69) is 80.2 Å². The monoisotopic (exact) mass is 458 g/mol. The minimum Gasteiger partial charge on any atom is -0.352 e. The maximum atomic E-state index is 12.9. The van der Waals surface area contributed by atoms with Crippen LogP contribution in [0, 0.1) is 5.92 Å². The zero-order valence-corrected chi connectivity index (χ0v) is 19.9. The molecule has 178 valence electrons. The van der Waals surface area contributed by atoms with Gasteiger partial charge in [0.15, 0.2) is 5.82 Å². The van der Waals surface area contributed by atoms with Crippen LogP contribution in [-0.4, -0.2) is 83.4 Å². The van der Waals surface area contributed by atoms with E-state index in [0.717, 1.165) is 75.7 Å². The van der Waals surface area contributed by atoms with Crippen LogP contribution in [0.2, 0.25) is 0 Å². The van der Waals surface area contributed by atoms with Crippen LogP contribution in [-0.2, 0) is 4.79 Å². The number of amides is 1. The Labute approximate surface area is 201 Å². The molecule has 3 saturated heterocycles. The van der Waals surface area contributed by atoms with Gasteiger partial charge in [-0.15, -0.1) is 5.10 Å². The molecular formula is C27H34N6O. The summed E-state index contributed by atoms with van der Waals surface area (Å²) in [5, 5.41) is 9.78. The Kier molecular flexibility index (Phi) is 5.75. The molecule has 1 aromatic heterocycles. The quantitative estimate of drug-likeness (QED) is 0.652. The van der Waals surface area contributed by atoms with Crippen LogP contribution in [0.1, 0.15) is 19.8 Å². The Morgan fingerprint density at radius 1 is 0.971 bits per heavy atom. The summed E-state index contributed by atoms with van der Waals surface area (Å²) in [6, 6.07) is 19.3. The van der Waals surface area contributed by atoms with Gasteiger partial charge in [0.25, 0.3) is 0 Å². The summed E-state index contributed by atoms with van der Waals surface area (Å²) in [5.74, 6) is 2.01. The van der Waals surface area contributed by atoms with Gasteiger partial charge in [-0.05, 0) is 43.0 Å². The number of piperazine rings is 1. The molecule has 7 heteroatoms. The van der Waals surface area contributed by atoms with Crippen LogP contribution < -0.4 is 10.2 Å². The average molecular weight is 459 g/mol. The summed E-state index contributed by atoms with van der Waals surface area (Å²) in [6.07, 6.45) is 2.06. The van der Waals surface area contributed by atoms with Crippen molar-refractivity contribution >= 4 is 22.6 Å². The number of benzene rings is 2. The first-order chi connectivity index (χ1) is 16.7. The van der Waals surface area contributed by atoms with Gasteiger partial charge in [-0.3, -0.25) is 9.69 Å². The van der Waals surface area contributed by atoms with Crippen molar-refractivity contribution in [3.05, 3.63) is 54.6 Å². The fourth-order valence-electron chi connectivity index (χ4n) is 5.89. The number of carbonyl (C=O) groups excluding carboxylic acids is 1. The molecule has 3 aliphatic heterocycles. The van der Waals surface area contributed by atoms with Crippen molar-refractivity contribution in [3.63, 3.8) is 0 Å². The van der Waals surface area contributed by atoms with Crippen LogP contribution in [0.25, 0.3) is 16.6 Å². The molecule has 1 amide bonds. The third kappa shape index (κ3) is 3.97. The lowest BCUT2D eigenvalue weighted by atomic mass is 10.1. The summed E-state index contributed by atoms with van der Waals surface area (Å²) >= 11 is 0. The minimum absolute atomic E-state index is 0.0150. The first kappa shape index (κ1) is 21.6. The van der Waals surface area contributed by atoms with Gasteiger partial charge >= 0.3 is 0 Å². The second kappa shape index (κ2) is 9.04. The summed E-state index contributed by atoms with van der Waals surface area (Å²) < 4.78 is 2.06. The molecule has 6 rings (SSSR count). The smallest absolute Gasteiger partial charge is 0.239 e. The number of nitrogens with zero attached hydrogens (tertiary/aromatic N) is 5. The number of rotatable bonds is 4. The Morgan fingerprint density at radius 3 is 2.50 bits per heavy atom. The average Bonchev–Trinajstić information content (AvgIpc) is 3.63. The molecule has 7 nitrogen and oxygen atoms in total. The fraction of sp³-hybridized carbons (Fsp3) is 0.481. The summed E-state index contributed by atoms with van der Waals surface area (Å²) in [5.41, 5.74) is 2.23. The number of aromatic nitrogens is 2. The van der Waals surface area contributed by atoms with Crippen LogP contribution in [0.15, 0.2) is 54.6 Å². The molecular weight excluding hydrogens is 424 g/mol. The third-order valence-electron chi connectivity index (χ3n) is 7.84. The predicted octanol–water partition coefficient (Wildman–Crippen LogP) is 2.75. The number of hydrogen-bond donors (Lipinski definition) is 1. The van der Waals surface area contributed by atoms with Gasteiger partial charge in [0.2, 0.25) is 5.91 Å². The number of para-hydroxylation sites is 2. The van der Waals surface area contributed by atoms with Crippen molar-refractivity contribution in [2.75, 3.05) is 50.7 Å². The van der Waals surface area contributed by atoms with Crippen molar-refractivity contribution in [1.82, 2.24) is 24.9 Å². The van der Waals surface area contributed by atoms with Gasteiger partial charge < -0.3 is 15.1 Å². The first-order valence-electron chi connectivity index (χ1n) is 12.7. The van der Waals surface area contributed by atoms with Gasteiger partial charge in [-0.2, -0.15) is 0 Å². The normalized spacial score (nSPS) is 26.0. The van der Waals surface area contributed by atoms with Crippen molar-refractivity contribution in [2.24, 2.45) is 5.92 Å². The Hall–Kier alpha value is -2.90. The highest BCUT2D eigenvalue weighted by molar-refractivity contribution is 5.92. The lowest BCUT2D eigenvalue weighted by Crippen LogP contribution is -2.51. The van der Waals surface area contributed by atoms with Crippen LogP contribution in [0.5, 0.6) is 0 Å². The highest BCUT2D eigenvalue weighted by Crippen LogP contribution is 2.30. The van der Waals surface area contributed by atoms with E-state index in [1.165, 1.54) is 5.39 Å². The SMILES string of the molecule is CC1CCN(C(=O)[C@@H]2C[C@H](N3CCN(c4nn(-c5ccccc5)c5ccccc45)CC3)CN2)C1. The highest BCUT2D eigenvalue weighted by Gasteiger charge is 2.37. The molecule has 0 aliphatic carbocycles. The molecule has 3 atom stereocenters. The van der Waals surface area contributed by atoms with E-state index in [0.29, 0.717) is 17.9 Å². The summed E-state index contributed by atoms with van der Waals surface area (Å²) in [6.45, 7) is 8.90. The van der Waals surface area contributed by atoms with E-state index in [9.17, 15) is 4.79 Å². The molecule has 3 aromatic rings. The number of likely N-dealkylation sites (tertiary alicyclic amines) is 1. The summed E-state index contributed by atoms with van der Waals surface area (Å²) in [4.78, 5) is 20.0. The van der Waals surface area contributed by atoms with Gasteiger partial charge in [0, 0.05) is 57.2 Å². The fourth-order valence-corrected chi connectivity index (χ4v) is 5.89. The Balaban J connectivity index is 1.12. The molecule has 0 radical (unpaired) electrons. The molecule has 34 heavy (non-hydrogen) atoms. The summed E-state index contributed by atoms with van der Waals surface area (Å²) in [7, 11) is 0. The first-order valence-corrected chi connectivity index (χ1v) is 12.7. The van der Waals surface area contributed by atoms with Crippen LogP contribution in [0.4, 0.5) is 5.82 Å². The number of fused-ring (bicyclic) bond motifs is 1. The van der Waals surface area contributed by atoms with Crippen LogP contribution in [0.3, 0.4) is 0 Å². The van der Waals surface area contributed by atoms with E-state index in [-0.39, 0.29) is 6.04 Å². The lowest BCUT2D eigenvalue weighted by molar-refractivity contribution is -0.132. The van der Waals surface area contributed by atoms with Gasteiger partial charge in [-0.25, -0.2) is 4.68 Å². The predicted molar refractivity (Wildman–Crippen MR) is 135 cm³/mol. The topological polar surface area (TPSA) is 56.6 Å². The van der Waals surface area contributed by atoms with E-state index >= 15 is 0 Å². The molecule has 3 aliphatic rings. The number of hydrogen-bond acceptors (Lipinski definition) is 5. The molecule has 0 saturated carbocycles. The Morgan fingerprint density at radius 2 is 1.74 bits per heavy atom. The second-order valence-electron chi connectivity index (χ2n) is 10.1. The molecule has 1 N–H and O–H groups in total. The standard InChI is InChI=1S/C27H34N6O/c1-20-11-12-32(19-20)27(34)24-17-22(18-28-24)30-13-15-31(16-14-30)26-23-9-5-6-10-25(23)33(29-26)21-7-3-2-4-8-21/h2-10,20,22,24,28H,11-19H2,1H3/t20?,22-,24-/m0/s1. The lowest BCUT2D eigenvalue weighted by Gasteiger charge is -2.38. The van der Waals surface area contributed by atoms with E-state index in [1.54, 1.807) is 0 Å². The highest BCUT2D eigenvalue weighted by atomic mass is 16.2. The molecule has 2 aromatic carbocycles. The number of anilines is 1. The molecule has 0 bridgehead atoms. The molecule has 0 spiro atoms. The van der Waals surface area contributed by atoms with E-state index in [4.69, 9.17) is 5.10 Å². The molecule has 1 unspecified atom stereocenters. The number of nitrogens with one attached hydrogen (secondary N) is 1. The van der Waals surface area contributed by atoms with Crippen molar-refractivity contribution in [1.29, 1.82) is 0 Å². The van der Waals surface area contributed by atoms with Crippen molar-refractivity contribution < 1.29 is 4.79 Å². The Bertz CT molecular complexity index is 1150. The third-order valence-corrected chi connectivity index (χ3v) is 7.84. The van der Waals surface area contributed by atoms with Crippen LogP contribution >= 0.6 is 0 Å². The van der Waals surface area contributed by atoms with Gasteiger partial charge in [-0.1, -0.05) is 37.3 Å².